The smallest absolute Gasteiger partial charge is 0.261 e. The molecule has 0 saturated carbocycles. The maximum atomic E-state index is 11.7. The van der Waals surface area contributed by atoms with E-state index in [-0.39, 0.29) is 11.8 Å². The number of hydrogen-bond donors (Lipinski definition) is 1. The van der Waals surface area contributed by atoms with E-state index in [9.17, 15) is 4.79 Å². The van der Waals surface area contributed by atoms with Crippen LogP contribution in [-0.4, -0.2) is 29.1 Å². The van der Waals surface area contributed by atoms with Gasteiger partial charge >= 0.3 is 0 Å². The van der Waals surface area contributed by atoms with E-state index >= 15 is 0 Å². The van der Waals surface area contributed by atoms with Gasteiger partial charge in [0.15, 0.2) is 0 Å². The van der Waals surface area contributed by atoms with Crippen LogP contribution < -0.4 is 5.73 Å². The van der Waals surface area contributed by atoms with Crippen LogP contribution in [0.3, 0.4) is 0 Å². The summed E-state index contributed by atoms with van der Waals surface area (Å²) >= 11 is 0. The first kappa shape index (κ1) is 8.10. The molecular formula is C8H11N3O2. The summed E-state index contributed by atoms with van der Waals surface area (Å²) in [6.07, 6.45) is 3.50. The maximum absolute atomic E-state index is 11.7. The predicted molar refractivity (Wildman–Crippen MR) is 46.1 cm³/mol. The molecule has 0 unspecified atom stereocenters. The van der Waals surface area contributed by atoms with Gasteiger partial charge in [0, 0.05) is 13.1 Å². The van der Waals surface area contributed by atoms with Crippen LogP contribution >= 0.6 is 0 Å². The van der Waals surface area contributed by atoms with Crippen LogP contribution in [0.2, 0.25) is 0 Å². The molecule has 0 radical (unpaired) electrons. The molecule has 1 aliphatic heterocycles. The molecule has 70 valence electrons. The number of rotatable bonds is 1. The van der Waals surface area contributed by atoms with E-state index in [1.807, 2.05) is 0 Å². The number of nitrogens with two attached hydrogens (primary N) is 1. The highest BCUT2D eigenvalue weighted by Gasteiger charge is 2.23. The highest BCUT2D eigenvalue weighted by molar-refractivity contribution is 5.97. The Labute approximate surface area is 75.5 Å². The van der Waals surface area contributed by atoms with Crippen LogP contribution in [0.5, 0.6) is 0 Å². The Morgan fingerprint density at radius 1 is 1.54 bits per heavy atom. The summed E-state index contributed by atoms with van der Waals surface area (Å²) in [5.74, 6) is 0.0353. The fourth-order valence-electron chi connectivity index (χ4n) is 1.50. The van der Waals surface area contributed by atoms with Crippen molar-refractivity contribution in [2.75, 3.05) is 18.8 Å². The zero-order valence-corrected chi connectivity index (χ0v) is 7.19. The zero-order chi connectivity index (χ0) is 9.26. The molecule has 2 N–H and O–H groups in total. The highest BCUT2D eigenvalue weighted by Crippen LogP contribution is 2.16. The summed E-state index contributed by atoms with van der Waals surface area (Å²) in [6, 6.07) is 0. The van der Waals surface area contributed by atoms with Crippen molar-refractivity contribution < 1.29 is 9.32 Å². The summed E-state index contributed by atoms with van der Waals surface area (Å²) in [4.78, 5) is 13.4. The van der Waals surface area contributed by atoms with Crippen molar-refractivity contribution in [1.82, 2.24) is 10.1 Å². The van der Waals surface area contributed by atoms with Crippen LogP contribution in [0, 0.1) is 0 Å². The molecule has 2 rings (SSSR count). The predicted octanol–water partition coefficient (Wildman–Crippen LogP) is 0.493. The van der Waals surface area contributed by atoms with E-state index in [1.165, 1.54) is 6.20 Å². The first-order valence-corrected chi connectivity index (χ1v) is 4.28. The molecule has 0 aromatic carbocycles. The van der Waals surface area contributed by atoms with Gasteiger partial charge in [-0.2, -0.15) is 0 Å². The molecular weight excluding hydrogens is 170 g/mol. The van der Waals surface area contributed by atoms with Crippen molar-refractivity contribution in [3.05, 3.63) is 11.8 Å². The average molecular weight is 181 g/mol. The number of nitrogens with zero attached hydrogens (tertiary/aromatic N) is 2. The second-order valence-corrected chi connectivity index (χ2v) is 3.10. The van der Waals surface area contributed by atoms with Crippen LogP contribution in [-0.2, 0) is 0 Å². The Morgan fingerprint density at radius 3 is 2.77 bits per heavy atom. The average Bonchev–Trinajstić information content (AvgIpc) is 2.72. The van der Waals surface area contributed by atoms with E-state index < -0.39 is 0 Å². The molecule has 0 atom stereocenters. The Hall–Kier alpha value is -1.52. The Morgan fingerprint density at radius 2 is 2.23 bits per heavy atom. The minimum absolute atomic E-state index is 0.0729. The lowest BCUT2D eigenvalue weighted by molar-refractivity contribution is 0.0793. The van der Waals surface area contributed by atoms with Crippen molar-refractivity contribution in [3.63, 3.8) is 0 Å². The standard InChI is InChI=1S/C8H11N3O2/c9-7-6(5-10-13-7)8(12)11-3-1-2-4-11/h5H,1-4,9H2. The normalized spacial score (nSPS) is 16.5. The van der Waals surface area contributed by atoms with Gasteiger partial charge in [-0.25, -0.2) is 0 Å². The fourth-order valence-corrected chi connectivity index (χ4v) is 1.50. The molecule has 13 heavy (non-hydrogen) atoms. The van der Waals surface area contributed by atoms with Crippen molar-refractivity contribution in [2.24, 2.45) is 0 Å². The zero-order valence-electron chi connectivity index (χ0n) is 7.19. The van der Waals surface area contributed by atoms with Crippen LogP contribution in [0.4, 0.5) is 5.88 Å². The second-order valence-electron chi connectivity index (χ2n) is 3.10. The molecule has 5 heteroatoms. The van der Waals surface area contributed by atoms with Gasteiger partial charge in [0.25, 0.3) is 5.91 Å². The van der Waals surface area contributed by atoms with Crippen LogP contribution in [0.15, 0.2) is 10.7 Å². The molecule has 2 heterocycles. The SMILES string of the molecule is Nc1oncc1C(=O)N1CCCC1. The third-order valence-corrected chi connectivity index (χ3v) is 2.22. The second kappa shape index (κ2) is 3.08. The summed E-state index contributed by atoms with van der Waals surface area (Å²) in [6.45, 7) is 1.62. The van der Waals surface area contributed by atoms with Crippen molar-refractivity contribution in [3.8, 4) is 0 Å². The van der Waals surface area contributed by atoms with E-state index in [0.717, 1.165) is 25.9 Å². The number of amides is 1. The number of nitrogen functional groups attached to an aromatic ring is 1. The van der Waals surface area contributed by atoms with Gasteiger partial charge in [-0.15, -0.1) is 0 Å². The van der Waals surface area contributed by atoms with Gasteiger partial charge in [0.05, 0.1) is 6.20 Å². The maximum Gasteiger partial charge on any atom is 0.261 e. The summed E-state index contributed by atoms with van der Waals surface area (Å²) < 4.78 is 4.63. The molecule has 1 aliphatic rings. The molecule has 1 aromatic rings. The van der Waals surface area contributed by atoms with E-state index in [1.54, 1.807) is 4.90 Å². The number of aromatic nitrogens is 1. The van der Waals surface area contributed by atoms with E-state index in [2.05, 4.69) is 9.68 Å². The topological polar surface area (TPSA) is 72.4 Å². The lowest BCUT2D eigenvalue weighted by Gasteiger charge is -2.13. The summed E-state index contributed by atoms with van der Waals surface area (Å²) in [7, 11) is 0. The van der Waals surface area contributed by atoms with Crippen molar-refractivity contribution in [2.45, 2.75) is 12.8 Å². The summed E-state index contributed by atoms with van der Waals surface area (Å²) in [5.41, 5.74) is 5.81. The third kappa shape index (κ3) is 1.37. The van der Waals surface area contributed by atoms with Gasteiger partial charge in [0.1, 0.15) is 5.56 Å². The Kier molecular flexibility index (Phi) is 1.92. The molecule has 0 bridgehead atoms. The molecule has 1 saturated heterocycles. The monoisotopic (exact) mass is 181 g/mol. The van der Waals surface area contributed by atoms with Gasteiger partial charge < -0.3 is 15.2 Å². The number of carbonyl (C=O) groups excluding carboxylic acids is 1. The lowest BCUT2D eigenvalue weighted by atomic mass is 10.3. The number of hydrogen-bond acceptors (Lipinski definition) is 4. The number of carbonyl (C=O) groups is 1. The summed E-state index contributed by atoms with van der Waals surface area (Å²) in [5, 5.41) is 3.47. The molecule has 0 spiro atoms. The van der Waals surface area contributed by atoms with Crippen LogP contribution in [0.1, 0.15) is 23.2 Å². The molecule has 1 amide bonds. The minimum atomic E-state index is -0.0729. The van der Waals surface area contributed by atoms with Crippen molar-refractivity contribution >= 4 is 11.8 Å². The van der Waals surface area contributed by atoms with Gasteiger partial charge in [-0.3, -0.25) is 4.79 Å². The quantitative estimate of drug-likeness (QED) is 0.684. The van der Waals surface area contributed by atoms with Crippen LogP contribution in [0.25, 0.3) is 0 Å². The molecule has 0 aliphatic carbocycles. The Bertz CT molecular complexity index is 315. The highest BCUT2D eigenvalue weighted by atomic mass is 16.5. The third-order valence-electron chi connectivity index (χ3n) is 2.22. The Balaban J connectivity index is 2.17. The lowest BCUT2D eigenvalue weighted by Crippen LogP contribution is -2.27. The van der Waals surface area contributed by atoms with E-state index in [4.69, 9.17) is 5.73 Å². The number of anilines is 1. The molecule has 1 aromatic heterocycles. The van der Waals surface area contributed by atoms with Gasteiger partial charge in [0.2, 0.25) is 5.88 Å². The first-order chi connectivity index (χ1) is 6.29. The van der Waals surface area contributed by atoms with Gasteiger partial charge in [-0.1, -0.05) is 5.16 Å². The largest absolute Gasteiger partial charge is 0.367 e. The van der Waals surface area contributed by atoms with Crippen molar-refractivity contribution in [1.29, 1.82) is 0 Å². The fraction of sp³-hybridized carbons (Fsp3) is 0.500. The first-order valence-electron chi connectivity index (χ1n) is 4.28. The van der Waals surface area contributed by atoms with Gasteiger partial charge in [-0.05, 0) is 12.8 Å². The number of likely N-dealkylation sites (tertiary alicyclic amines) is 1. The molecule has 1 fully saturated rings. The molecule has 5 nitrogen and oxygen atoms in total. The minimum Gasteiger partial charge on any atom is -0.367 e. The van der Waals surface area contributed by atoms with E-state index in [0.29, 0.717) is 5.56 Å².